The molecule has 0 aliphatic heterocycles. The third kappa shape index (κ3) is 5.24. The van der Waals surface area contributed by atoms with E-state index < -0.39 is 0 Å². The Hall–Kier alpha value is -3.02. The second-order valence-corrected chi connectivity index (χ2v) is 5.75. The Morgan fingerprint density at radius 1 is 0.962 bits per heavy atom. The maximum atomic E-state index is 12.4. The van der Waals surface area contributed by atoms with Crippen molar-refractivity contribution in [3.05, 3.63) is 48.0 Å². The normalized spacial score (nSPS) is 10.1. The third-order valence-electron chi connectivity index (χ3n) is 3.85. The zero-order valence-electron chi connectivity index (χ0n) is 15.3. The molecule has 0 atom stereocenters. The van der Waals surface area contributed by atoms with Crippen LogP contribution in [0.2, 0.25) is 0 Å². The van der Waals surface area contributed by atoms with Gasteiger partial charge in [0.25, 0.3) is 5.91 Å². The lowest BCUT2D eigenvalue weighted by Crippen LogP contribution is -2.14. The minimum Gasteiger partial charge on any atom is -0.497 e. The SMILES string of the molecule is CCCCC(=O)Nc1ccc(C(=O)Nc2ccc(OC)cc2OC)cc1. The predicted octanol–water partition coefficient (Wildman–Crippen LogP) is 4.08. The number of benzene rings is 2. The lowest BCUT2D eigenvalue weighted by molar-refractivity contribution is -0.116. The van der Waals surface area contributed by atoms with Crippen LogP contribution in [0.1, 0.15) is 36.5 Å². The summed E-state index contributed by atoms with van der Waals surface area (Å²) in [5, 5.41) is 5.63. The van der Waals surface area contributed by atoms with E-state index in [0.29, 0.717) is 34.9 Å². The molecule has 0 heterocycles. The summed E-state index contributed by atoms with van der Waals surface area (Å²) in [7, 11) is 3.09. The molecule has 0 aliphatic carbocycles. The Bertz CT molecular complexity index is 757. The molecule has 0 bridgehead atoms. The molecule has 0 radical (unpaired) electrons. The molecule has 2 aromatic carbocycles. The predicted molar refractivity (Wildman–Crippen MR) is 102 cm³/mol. The Balaban J connectivity index is 2.03. The summed E-state index contributed by atoms with van der Waals surface area (Å²) in [5.74, 6) is 0.866. The number of methoxy groups -OCH3 is 2. The average Bonchev–Trinajstić information content (AvgIpc) is 2.67. The van der Waals surface area contributed by atoms with Gasteiger partial charge in [-0.15, -0.1) is 0 Å². The van der Waals surface area contributed by atoms with Crippen LogP contribution in [0.5, 0.6) is 11.5 Å². The van der Waals surface area contributed by atoms with Crippen molar-refractivity contribution in [3.8, 4) is 11.5 Å². The molecule has 2 amide bonds. The molecule has 0 fully saturated rings. The highest BCUT2D eigenvalue weighted by Crippen LogP contribution is 2.29. The van der Waals surface area contributed by atoms with E-state index >= 15 is 0 Å². The van der Waals surface area contributed by atoms with E-state index in [1.54, 1.807) is 49.6 Å². The van der Waals surface area contributed by atoms with Gasteiger partial charge in [0, 0.05) is 23.7 Å². The zero-order valence-corrected chi connectivity index (χ0v) is 15.3. The maximum Gasteiger partial charge on any atom is 0.255 e. The van der Waals surface area contributed by atoms with Crippen molar-refractivity contribution in [2.45, 2.75) is 26.2 Å². The van der Waals surface area contributed by atoms with Gasteiger partial charge in [-0.1, -0.05) is 13.3 Å². The van der Waals surface area contributed by atoms with Crippen LogP contribution in [0.15, 0.2) is 42.5 Å². The van der Waals surface area contributed by atoms with Gasteiger partial charge in [0.15, 0.2) is 0 Å². The van der Waals surface area contributed by atoms with Crippen molar-refractivity contribution in [1.82, 2.24) is 0 Å². The third-order valence-corrected chi connectivity index (χ3v) is 3.85. The van der Waals surface area contributed by atoms with Crippen LogP contribution < -0.4 is 20.1 Å². The van der Waals surface area contributed by atoms with Crippen LogP contribution >= 0.6 is 0 Å². The van der Waals surface area contributed by atoms with E-state index in [-0.39, 0.29) is 11.8 Å². The number of nitrogens with one attached hydrogen (secondary N) is 2. The molecule has 26 heavy (non-hydrogen) atoms. The van der Waals surface area contributed by atoms with Crippen LogP contribution in [0, 0.1) is 0 Å². The zero-order chi connectivity index (χ0) is 18.9. The minimum atomic E-state index is -0.266. The number of hydrogen-bond acceptors (Lipinski definition) is 4. The number of carbonyl (C=O) groups excluding carboxylic acids is 2. The lowest BCUT2D eigenvalue weighted by Gasteiger charge is -2.12. The van der Waals surface area contributed by atoms with Crippen LogP contribution in [-0.4, -0.2) is 26.0 Å². The van der Waals surface area contributed by atoms with Crippen molar-refractivity contribution in [1.29, 1.82) is 0 Å². The van der Waals surface area contributed by atoms with Gasteiger partial charge >= 0.3 is 0 Å². The minimum absolute atomic E-state index is 0.0213. The Morgan fingerprint density at radius 2 is 1.69 bits per heavy atom. The standard InChI is InChI=1S/C20H24N2O4/c1-4-5-6-19(23)21-15-9-7-14(8-10-15)20(24)22-17-12-11-16(25-2)13-18(17)26-3/h7-13H,4-6H2,1-3H3,(H,21,23)(H,22,24). The summed E-state index contributed by atoms with van der Waals surface area (Å²) < 4.78 is 10.4. The van der Waals surface area contributed by atoms with Gasteiger partial charge in [0.05, 0.1) is 19.9 Å². The number of ether oxygens (including phenoxy) is 2. The van der Waals surface area contributed by atoms with E-state index in [1.165, 1.54) is 7.11 Å². The molecule has 0 spiro atoms. The molecule has 6 heteroatoms. The van der Waals surface area contributed by atoms with Gasteiger partial charge in [0.2, 0.25) is 5.91 Å². The quantitative estimate of drug-likeness (QED) is 0.747. The van der Waals surface area contributed by atoms with Crippen LogP contribution in [0.25, 0.3) is 0 Å². The van der Waals surface area contributed by atoms with Gasteiger partial charge in [-0.05, 0) is 42.8 Å². The number of amides is 2. The van der Waals surface area contributed by atoms with Gasteiger partial charge in [-0.2, -0.15) is 0 Å². The second kappa shape index (κ2) is 9.46. The summed E-state index contributed by atoms with van der Waals surface area (Å²) in [6.45, 7) is 2.04. The fourth-order valence-electron chi connectivity index (χ4n) is 2.36. The van der Waals surface area contributed by atoms with Gasteiger partial charge in [0.1, 0.15) is 11.5 Å². The number of anilines is 2. The van der Waals surface area contributed by atoms with Gasteiger partial charge < -0.3 is 20.1 Å². The number of hydrogen-bond donors (Lipinski definition) is 2. The van der Waals surface area contributed by atoms with Crippen molar-refractivity contribution in [2.75, 3.05) is 24.9 Å². The summed E-state index contributed by atoms with van der Waals surface area (Å²) in [6, 6.07) is 11.9. The van der Waals surface area contributed by atoms with E-state index in [9.17, 15) is 9.59 Å². The highest BCUT2D eigenvalue weighted by molar-refractivity contribution is 6.05. The second-order valence-electron chi connectivity index (χ2n) is 5.75. The monoisotopic (exact) mass is 356 g/mol. The maximum absolute atomic E-state index is 12.4. The largest absolute Gasteiger partial charge is 0.497 e. The molecule has 138 valence electrons. The van der Waals surface area contributed by atoms with Gasteiger partial charge in [-0.25, -0.2) is 0 Å². The van der Waals surface area contributed by atoms with Crippen molar-refractivity contribution in [2.24, 2.45) is 0 Å². The number of carbonyl (C=O) groups is 2. The molecule has 0 aromatic heterocycles. The first-order valence-electron chi connectivity index (χ1n) is 8.50. The number of rotatable bonds is 8. The summed E-state index contributed by atoms with van der Waals surface area (Å²) in [4.78, 5) is 24.2. The fraction of sp³-hybridized carbons (Fsp3) is 0.300. The smallest absolute Gasteiger partial charge is 0.255 e. The van der Waals surface area contributed by atoms with Crippen LogP contribution in [0.3, 0.4) is 0 Å². The van der Waals surface area contributed by atoms with Crippen molar-refractivity contribution in [3.63, 3.8) is 0 Å². The number of unbranched alkanes of at least 4 members (excludes halogenated alkanes) is 1. The Kier molecular flexibility index (Phi) is 7.02. The molecule has 6 nitrogen and oxygen atoms in total. The molecular weight excluding hydrogens is 332 g/mol. The first-order chi connectivity index (χ1) is 12.6. The molecule has 2 aromatic rings. The van der Waals surface area contributed by atoms with E-state index in [4.69, 9.17) is 9.47 Å². The molecule has 2 N–H and O–H groups in total. The molecule has 0 aliphatic rings. The topological polar surface area (TPSA) is 76.7 Å². The van der Waals surface area contributed by atoms with Gasteiger partial charge in [-0.3, -0.25) is 9.59 Å². The lowest BCUT2D eigenvalue weighted by atomic mass is 10.1. The van der Waals surface area contributed by atoms with E-state index in [2.05, 4.69) is 10.6 Å². The molecule has 0 saturated heterocycles. The van der Waals surface area contributed by atoms with Crippen molar-refractivity contribution >= 4 is 23.2 Å². The van der Waals surface area contributed by atoms with Crippen molar-refractivity contribution < 1.29 is 19.1 Å². The molecule has 0 saturated carbocycles. The summed E-state index contributed by atoms with van der Waals surface area (Å²) >= 11 is 0. The average molecular weight is 356 g/mol. The summed E-state index contributed by atoms with van der Waals surface area (Å²) in [5.41, 5.74) is 1.70. The molecular formula is C20H24N2O4. The highest BCUT2D eigenvalue weighted by Gasteiger charge is 2.11. The molecule has 2 rings (SSSR count). The highest BCUT2D eigenvalue weighted by atomic mass is 16.5. The fourth-order valence-corrected chi connectivity index (χ4v) is 2.36. The Labute approximate surface area is 153 Å². The summed E-state index contributed by atoms with van der Waals surface area (Å²) in [6.07, 6.45) is 2.33. The molecule has 0 unspecified atom stereocenters. The van der Waals surface area contributed by atoms with E-state index in [1.807, 2.05) is 6.92 Å². The van der Waals surface area contributed by atoms with Crippen LogP contribution in [0.4, 0.5) is 11.4 Å². The van der Waals surface area contributed by atoms with Crippen LogP contribution in [-0.2, 0) is 4.79 Å². The first kappa shape index (κ1) is 19.3. The van der Waals surface area contributed by atoms with E-state index in [0.717, 1.165) is 12.8 Å². The Morgan fingerprint density at radius 3 is 2.31 bits per heavy atom. The first-order valence-corrected chi connectivity index (χ1v) is 8.50.